The molecule has 1 aromatic heterocycles. The lowest BCUT2D eigenvalue weighted by atomic mass is 10.0. The Morgan fingerprint density at radius 2 is 2.31 bits per heavy atom. The third kappa shape index (κ3) is 4.40. The summed E-state index contributed by atoms with van der Waals surface area (Å²) in [6, 6.07) is 3.56. The number of anilines is 1. The molecule has 0 aliphatic rings. The van der Waals surface area contributed by atoms with Gasteiger partial charge < -0.3 is 11.5 Å². The highest BCUT2D eigenvalue weighted by Crippen LogP contribution is 2.09. The van der Waals surface area contributed by atoms with Crippen LogP contribution in [0.15, 0.2) is 18.3 Å². The van der Waals surface area contributed by atoms with Crippen LogP contribution in [0.3, 0.4) is 0 Å². The number of Topliss-reactive ketones (excluding diaryl/α,β-unsaturated/α-hetero) is 1. The van der Waals surface area contributed by atoms with Gasteiger partial charge in [-0.3, -0.25) is 4.79 Å². The molecule has 0 spiro atoms. The Labute approximate surface area is 96.0 Å². The highest BCUT2D eigenvalue weighted by atomic mass is 16.1. The number of hydrogen-bond donors (Lipinski definition) is 2. The summed E-state index contributed by atoms with van der Waals surface area (Å²) in [6.45, 7) is 2.69. The first kappa shape index (κ1) is 12.6. The first-order valence-corrected chi connectivity index (χ1v) is 5.54. The van der Waals surface area contributed by atoms with E-state index in [0.717, 1.165) is 12.0 Å². The average molecular weight is 221 g/mol. The number of carbonyl (C=O) groups excluding carboxylic acids is 1. The Morgan fingerprint density at radius 1 is 1.56 bits per heavy atom. The van der Waals surface area contributed by atoms with E-state index >= 15 is 0 Å². The molecule has 0 aliphatic heterocycles. The van der Waals surface area contributed by atoms with Crippen LogP contribution in [0, 0.1) is 5.92 Å². The quantitative estimate of drug-likeness (QED) is 0.755. The summed E-state index contributed by atoms with van der Waals surface area (Å²) in [4.78, 5) is 15.5. The van der Waals surface area contributed by atoms with E-state index in [9.17, 15) is 4.79 Å². The Kier molecular flexibility index (Phi) is 4.92. The van der Waals surface area contributed by atoms with E-state index in [0.29, 0.717) is 31.1 Å². The molecule has 1 heterocycles. The second-order valence-corrected chi connectivity index (χ2v) is 4.18. The van der Waals surface area contributed by atoms with Crippen LogP contribution >= 0.6 is 0 Å². The number of ketones is 1. The van der Waals surface area contributed by atoms with Crippen molar-refractivity contribution in [1.82, 2.24) is 4.98 Å². The fraction of sp³-hybridized carbons (Fsp3) is 0.500. The summed E-state index contributed by atoms with van der Waals surface area (Å²) >= 11 is 0. The molecule has 0 saturated heterocycles. The van der Waals surface area contributed by atoms with Crippen molar-refractivity contribution in [2.75, 3.05) is 12.3 Å². The molecule has 1 atom stereocenters. The van der Waals surface area contributed by atoms with Gasteiger partial charge in [-0.05, 0) is 36.6 Å². The molecule has 1 aromatic rings. The van der Waals surface area contributed by atoms with Gasteiger partial charge in [0.15, 0.2) is 0 Å². The maximum Gasteiger partial charge on any atom is 0.137 e. The van der Waals surface area contributed by atoms with Crippen molar-refractivity contribution in [3.8, 4) is 0 Å². The third-order valence-corrected chi connectivity index (χ3v) is 2.57. The second-order valence-electron chi connectivity index (χ2n) is 4.18. The van der Waals surface area contributed by atoms with Crippen LogP contribution in [-0.2, 0) is 11.2 Å². The number of hydrogen-bond acceptors (Lipinski definition) is 4. The number of nitrogens with two attached hydrogens (primary N) is 2. The predicted molar refractivity (Wildman–Crippen MR) is 64.8 cm³/mol. The molecule has 4 heteroatoms. The molecule has 4 nitrogen and oxygen atoms in total. The van der Waals surface area contributed by atoms with Crippen LogP contribution in [0.2, 0.25) is 0 Å². The van der Waals surface area contributed by atoms with Crippen LogP contribution in [0.4, 0.5) is 5.82 Å². The Morgan fingerprint density at radius 3 is 2.94 bits per heavy atom. The third-order valence-electron chi connectivity index (χ3n) is 2.57. The summed E-state index contributed by atoms with van der Waals surface area (Å²) < 4.78 is 0. The van der Waals surface area contributed by atoms with Crippen molar-refractivity contribution in [2.45, 2.75) is 26.2 Å². The van der Waals surface area contributed by atoms with E-state index < -0.39 is 0 Å². The highest BCUT2D eigenvalue weighted by molar-refractivity contribution is 5.80. The lowest BCUT2D eigenvalue weighted by Gasteiger charge is -2.07. The molecule has 0 saturated carbocycles. The van der Waals surface area contributed by atoms with E-state index in [-0.39, 0.29) is 5.78 Å². The van der Waals surface area contributed by atoms with Gasteiger partial charge in [0.25, 0.3) is 0 Å². The molecule has 88 valence electrons. The van der Waals surface area contributed by atoms with Crippen molar-refractivity contribution >= 4 is 11.6 Å². The lowest BCUT2D eigenvalue weighted by molar-refractivity contribution is -0.118. The van der Waals surface area contributed by atoms with Gasteiger partial charge in [0.2, 0.25) is 0 Å². The van der Waals surface area contributed by atoms with E-state index in [1.807, 2.05) is 6.07 Å². The summed E-state index contributed by atoms with van der Waals surface area (Å²) in [6.07, 6.45) is 3.50. The molecule has 0 aliphatic carbocycles. The lowest BCUT2D eigenvalue weighted by Crippen LogP contribution is -2.13. The number of rotatable bonds is 6. The maximum atomic E-state index is 11.6. The summed E-state index contributed by atoms with van der Waals surface area (Å²) in [5, 5.41) is 0. The zero-order valence-corrected chi connectivity index (χ0v) is 9.65. The van der Waals surface area contributed by atoms with Crippen molar-refractivity contribution < 1.29 is 4.79 Å². The van der Waals surface area contributed by atoms with E-state index in [1.165, 1.54) is 0 Å². The van der Waals surface area contributed by atoms with Crippen molar-refractivity contribution in [3.05, 3.63) is 23.9 Å². The van der Waals surface area contributed by atoms with Gasteiger partial charge in [-0.25, -0.2) is 4.98 Å². The molecule has 0 aromatic carbocycles. The first-order valence-electron chi connectivity index (χ1n) is 5.54. The summed E-state index contributed by atoms with van der Waals surface area (Å²) in [5.41, 5.74) is 12.0. The average Bonchev–Trinajstić information content (AvgIpc) is 2.26. The highest BCUT2D eigenvalue weighted by Gasteiger charge is 2.07. The first-order chi connectivity index (χ1) is 7.61. The number of aromatic nitrogens is 1. The number of nitrogen functional groups attached to an aromatic ring is 1. The zero-order chi connectivity index (χ0) is 12.0. The largest absolute Gasteiger partial charge is 0.384 e. The van der Waals surface area contributed by atoms with Gasteiger partial charge in [-0.2, -0.15) is 0 Å². The minimum atomic E-state index is 0.228. The van der Waals surface area contributed by atoms with E-state index in [4.69, 9.17) is 11.5 Å². The SMILES string of the molecule is CC(CN)CCC(=O)Cc1ccnc(N)c1. The van der Waals surface area contributed by atoms with Crippen molar-refractivity contribution in [2.24, 2.45) is 11.7 Å². The van der Waals surface area contributed by atoms with Gasteiger partial charge in [-0.15, -0.1) is 0 Å². The fourth-order valence-corrected chi connectivity index (χ4v) is 1.45. The fourth-order valence-electron chi connectivity index (χ4n) is 1.45. The molecule has 0 bridgehead atoms. The molecule has 1 unspecified atom stereocenters. The van der Waals surface area contributed by atoms with Crippen LogP contribution < -0.4 is 11.5 Å². The predicted octanol–water partition coefficient (Wildman–Crippen LogP) is 1.15. The summed E-state index contributed by atoms with van der Waals surface area (Å²) in [5.74, 6) is 1.10. The Hall–Kier alpha value is -1.42. The van der Waals surface area contributed by atoms with Crippen LogP contribution in [0.5, 0.6) is 0 Å². The van der Waals surface area contributed by atoms with Gasteiger partial charge in [-0.1, -0.05) is 6.92 Å². The molecular formula is C12H19N3O. The minimum absolute atomic E-state index is 0.228. The Balaban J connectivity index is 2.40. The molecule has 0 radical (unpaired) electrons. The molecule has 0 fully saturated rings. The number of nitrogens with zero attached hydrogens (tertiary/aromatic N) is 1. The van der Waals surface area contributed by atoms with Gasteiger partial charge >= 0.3 is 0 Å². The Bertz CT molecular complexity index is 352. The van der Waals surface area contributed by atoms with Crippen molar-refractivity contribution in [3.63, 3.8) is 0 Å². The molecule has 0 amide bonds. The molecule has 4 N–H and O–H groups in total. The van der Waals surface area contributed by atoms with E-state index in [1.54, 1.807) is 12.3 Å². The monoisotopic (exact) mass is 221 g/mol. The smallest absolute Gasteiger partial charge is 0.137 e. The number of pyridine rings is 1. The normalized spacial score (nSPS) is 12.4. The topological polar surface area (TPSA) is 82.0 Å². The van der Waals surface area contributed by atoms with Crippen LogP contribution in [0.1, 0.15) is 25.3 Å². The summed E-state index contributed by atoms with van der Waals surface area (Å²) in [7, 11) is 0. The van der Waals surface area contributed by atoms with Crippen LogP contribution in [-0.4, -0.2) is 17.3 Å². The molecule has 1 rings (SSSR count). The molecule has 16 heavy (non-hydrogen) atoms. The molecular weight excluding hydrogens is 202 g/mol. The second kappa shape index (κ2) is 6.23. The van der Waals surface area contributed by atoms with Gasteiger partial charge in [0.05, 0.1) is 0 Å². The van der Waals surface area contributed by atoms with E-state index in [2.05, 4.69) is 11.9 Å². The zero-order valence-electron chi connectivity index (χ0n) is 9.65. The maximum absolute atomic E-state index is 11.6. The minimum Gasteiger partial charge on any atom is -0.384 e. The number of carbonyl (C=O) groups is 1. The van der Waals surface area contributed by atoms with Crippen molar-refractivity contribution in [1.29, 1.82) is 0 Å². The van der Waals surface area contributed by atoms with Crippen LogP contribution in [0.25, 0.3) is 0 Å². The van der Waals surface area contributed by atoms with Gasteiger partial charge in [0.1, 0.15) is 11.6 Å². The van der Waals surface area contributed by atoms with Gasteiger partial charge in [0, 0.05) is 19.0 Å². The standard InChI is InChI=1S/C12H19N3O/c1-9(8-13)2-3-11(16)6-10-4-5-15-12(14)7-10/h4-5,7,9H,2-3,6,8,13H2,1H3,(H2,14,15).